The van der Waals surface area contributed by atoms with Crippen molar-refractivity contribution in [3.05, 3.63) is 54.2 Å². The first kappa shape index (κ1) is 10.1. The van der Waals surface area contributed by atoms with Gasteiger partial charge in [0.15, 0.2) is 5.13 Å². The first-order chi connectivity index (χ1) is 8.33. The molecule has 84 valence electrons. The highest BCUT2D eigenvalue weighted by Gasteiger charge is 2.04. The molecule has 4 heteroatoms. The van der Waals surface area contributed by atoms with Crippen LogP contribution >= 0.6 is 11.3 Å². The summed E-state index contributed by atoms with van der Waals surface area (Å²) in [5, 5.41) is 3.03. The van der Waals surface area contributed by atoms with Gasteiger partial charge in [0, 0.05) is 29.0 Å². The average Bonchev–Trinajstić information content (AvgIpc) is 3.00. The number of rotatable bonds is 2. The Labute approximate surface area is 103 Å². The molecule has 2 heterocycles. The van der Waals surface area contributed by atoms with Gasteiger partial charge in [0.05, 0.1) is 5.69 Å². The molecule has 0 amide bonds. The Morgan fingerprint density at radius 3 is 2.47 bits per heavy atom. The van der Waals surface area contributed by atoms with Gasteiger partial charge in [0.2, 0.25) is 0 Å². The number of nitrogen functional groups attached to an aromatic ring is 1. The van der Waals surface area contributed by atoms with E-state index >= 15 is 0 Å². The van der Waals surface area contributed by atoms with E-state index < -0.39 is 0 Å². The van der Waals surface area contributed by atoms with Crippen molar-refractivity contribution < 1.29 is 0 Å². The van der Waals surface area contributed by atoms with E-state index in [1.807, 2.05) is 53.4 Å². The maximum absolute atomic E-state index is 5.67. The topological polar surface area (TPSA) is 43.8 Å². The molecule has 3 nitrogen and oxygen atoms in total. The van der Waals surface area contributed by atoms with Crippen molar-refractivity contribution in [3.8, 4) is 16.4 Å². The molecule has 2 aromatic heterocycles. The summed E-state index contributed by atoms with van der Waals surface area (Å²) in [6.07, 6.45) is 3.98. The molecular weight excluding hydrogens is 230 g/mol. The van der Waals surface area contributed by atoms with Crippen LogP contribution in [0.2, 0.25) is 0 Å². The molecule has 3 rings (SSSR count). The SMILES string of the molecule is Nc1ccc(-c2csc(-n3cccc3)n2)cc1. The summed E-state index contributed by atoms with van der Waals surface area (Å²) in [5.41, 5.74) is 8.51. The fourth-order valence-corrected chi connectivity index (χ4v) is 2.43. The average molecular weight is 241 g/mol. The second kappa shape index (κ2) is 4.07. The zero-order valence-electron chi connectivity index (χ0n) is 9.08. The monoisotopic (exact) mass is 241 g/mol. The van der Waals surface area contributed by atoms with Crippen LogP contribution in [-0.2, 0) is 0 Å². The second-order valence-electron chi connectivity index (χ2n) is 3.73. The third-order valence-electron chi connectivity index (χ3n) is 2.52. The van der Waals surface area contributed by atoms with Crippen molar-refractivity contribution in [2.45, 2.75) is 0 Å². The van der Waals surface area contributed by atoms with Crippen LogP contribution in [0.15, 0.2) is 54.2 Å². The lowest BCUT2D eigenvalue weighted by atomic mass is 10.1. The van der Waals surface area contributed by atoms with Crippen molar-refractivity contribution in [3.63, 3.8) is 0 Å². The van der Waals surface area contributed by atoms with Gasteiger partial charge in [0.25, 0.3) is 0 Å². The highest BCUT2D eigenvalue weighted by Crippen LogP contribution is 2.24. The third kappa shape index (κ3) is 1.94. The van der Waals surface area contributed by atoms with Gasteiger partial charge in [-0.05, 0) is 24.3 Å². The summed E-state index contributed by atoms with van der Waals surface area (Å²) >= 11 is 1.63. The fourth-order valence-electron chi connectivity index (χ4n) is 1.63. The van der Waals surface area contributed by atoms with Crippen LogP contribution in [0.1, 0.15) is 0 Å². The van der Waals surface area contributed by atoms with Crippen LogP contribution in [0.25, 0.3) is 16.4 Å². The van der Waals surface area contributed by atoms with Crippen LogP contribution in [0.3, 0.4) is 0 Å². The molecule has 0 aliphatic rings. The Morgan fingerprint density at radius 2 is 1.76 bits per heavy atom. The van der Waals surface area contributed by atoms with Crippen LogP contribution in [0, 0.1) is 0 Å². The molecule has 0 saturated heterocycles. The van der Waals surface area contributed by atoms with Gasteiger partial charge in [-0.1, -0.05) is 12.1 Å². The predicted octanol–water partition coefficient (Wildman–Crippen LogP) is 3.18. The smallest absolute Gasteiger partial charge is 0.194 e. The Balaban J connectivity index is 1.98. The van der Waals surface area contributed by atoms with Crippen molar-refractivity contribution in [2.24, 2.45) is 0 Å². The number of hydrogen-bond donors (Lipinski definition) is 1. The minimum atomic E-state index is 0.773. The van der Waals surface area contributed by atoms with Gasteiger partial charge in [-0.25, -0.2) is 4.98 Å². The molecule has 3 aromatic rings. The number of hydrogen-bond acceptors (Lipinski definition) is 3. The highest BCUT2D eigenvalue weighted by atomic mass is 32.1. The van der Waals surface area contributed by atoms with Crippen LogP contribution < -0.4 is 5.73 Å². The third-order valence-corrected chi connectivity index (χ3v) is 3.38. The number of aromatic nitrogens is 2. The Morgan fingerprint density at radius 1 is 1.06 bits per heavy atom. The number of anilines is 1. The molecule has 0 saturated carbocycles. The minimum absolute atomic E-state index is 0.773. The van der Waals surface area contributed by atoms with E-state index in [2.05, 4.69) is 10.4 Å². The van der Waals surface area contributed by atoms with Crippen molar-refractivity contribution in [1.29, 1.82) is 0 Å². The summed E-state index contributed by atoms with van der Waals surface area (Å²) in [4.78, 5) is 4.59. The lowest BCUT2D eigenvalue weighted by Gasteiger charge is -1.97. The number of nitrogens with two attached hydrogens (primary N) is 1. The van der Waals surface area contributed by atoms with Gasteiger partial charge in [-0.15, -0.1) is 11.3 Å². The first-order valence-corrected chi connectivity index (χ1v) is 6.16. The van der Waals surface area contributed by atoms with Crippen LogP contribution in [0.4, 0.5) is 5.69 Å². The Hall–Kier alpha value is -2.07. The zero-order chi connectivity index (χ0) is 11.7. The van der Waals surface area contributed by atoms with Gasteiger partial charge >= 0.3 is 0 Å². The molecular formula is C13H11N3S. The van der Waals surface area contributed by atoms with Crippen molar-refractivity contribution in [2.75, 3.05) is 5.73 Å². The maximum atomic E-state index is 5.67. The largest absolute Gasteiger partial charge is 0.399 e. The number of nitrogens with zero attached hydrogens (tertiary/aromatic N) is 2. The molecule has 0 aliphatic heterocycles. The van der Waals surface area contributed by atoms with Crippen LogP contribution in [-0.4, -0.2) is 9.55 Å². The minimum Gasteiger partial charge on any atom is -0.399 e. The van der Waals surface area contributed by atoms with Crippen LogP contribution in [0.5, 0.6) is 0 Å². The normalized spacial score (nSPS) is 10.6. The van der Waals surface area contributed by atoms with Crippen molar-refractivity contribution in [1.82, 2.24) is 9.55 Å². The molecule has 0 bridgehead atoms. The van der Waals surface area contributed by atoms with E-state index in [0.717, 1.165) is 22.1 Å². The molecule has 0 spiro atoms. The summed E-state index contributed by atoms with van der Waals surface area (Å²) in [7, 11) is 0. The molecule has 0 unspecified atom stereocenters. The molecule has 1 aromatic carbocycles. The van der Waals surface area contributed by atoms with E-state index in [0.29, 0.717) is 0 Å². The molecule has 0 radical (unpaired) electrons. The second-order valence-corrected chi connectivity index (χ2v) is 4.56. The van der Waals surface area contributed by atoms with Crippen molar-refractivity contribution >= 4 is 17.0 Å². The van der Waals surface area contributed by atoms with E-state index in [1.54, 1.807) is 11.3 Å². The Bertz CT molecular complexity index is 608. The summed E-state index contributed by atoms with van der Waals surface area (Å²) in [5.74, 6) is 0. The molecule has 17 heavy (non-hydrogen) atoms. The molecule has 0 aliphatic carbocycles. The summed E-state index contributed by atoms with van der Waals surface area (Å²) in [6, 6.07) is 11.7. The zero-order valence-corrected chi connectivity index (χ0v) is 9.89. The summed E-state index contributed by atoms with van der Waals surface area (Å²) in [6.45, 7) is 0. The van der Waals surface area contributed by atoms with E-state index in [-0.39, 0.29) is 0 Å². The standard InChI is InChI=1S/C13H11N3S/c14-11-5-3-10(4-6-11)12-9-17-13(15-12)16-7-1-2-8-16/h1-9H,14H2. The van der Waals surface area contributed by atoms with Gasteiger partial charge in [-0.3, -0.25) is 0 Å². The lowest BCUT2D eigenvalue weighted by molar-refractivity contribution is 1.05. The van der Waals surface area contributed by atoms with Gasteiger partial charge in [-0.2, -0.15) is 0 Å². The quantitative estimate of drug-likeness (QED) is 0.700. The number of thiazole rings is 1. The van der Waals surface area contributed by atoms with E-state index in [1.165, 1.54) is 0 Å². The molecule has 0 fully saturated rings. The van der Waals surface area contributed by atoms with Gasteiger partial charge in [0.1, 0.15) is 0 Å². The fraction of sp³-hybridized carbons (Fsp3) is 0. The lowest BCUT2D eigenvalue weighted by Crippen LogP contribution is -1.88. The summed E-state index contributed by atoms with van der Waals surface area (Å²) < 4.78 is 2.01. The first-order valence-electron chi connectivity index (χ1n) is 5.28. The maximum Gasteiger partial charge on any atom is 0.194 e. The Kier molecular flexibility index (Phi) is 2.42. The molecule has 2 N–H and O–H groups in total. The number of benzene rings is 1. The van der Waals surface area contributed by atoms with E-state index in [9.17, 15) is 0 Å². The predicted molar refractivity (Wildman–Crippen MR) is 71.3 cm³/mol. The highest BCUT2D eigenvalue weighted by molar-refractivity contribution is 7.12. The van der Waals surface area contributed by atoms with Gasteiger partial charge < -0.3 is 10.3 Å². The molecule has 0 atom stereocenters. The van der Waals surface area contributed by atoms with E-state index in [4.69, 9.17) is 5.73 Å².